The normalized spacial score (nSPS) is 15.2. The van der Waals surface area contributed by atoms with Gasteiger partial charge in [-0.2, -0.15) is 4.98 Å². The Balaban J connectivity index is 1.88. The number of nitrogens with one attached hydrogen (secondary N) is 1. The molecule has 2 aromatic heterocycles. The van der Waals surface area contributed by atoms with Crippen molar-refractivity contribution in [2.24, 2.45) is 14.1 Å². The Morgan fingerprint density at radius 2 is 1.63 bits per heavy atom. The highest BCUT2D eigenvalue weighted by Gasteiger charge is 2.24. The fourth-order valence-corrected chi connectivity index (χ4v) is 3.98. The molecule has 1 saturated heterocycles. The monoisotopic (exact) mass is 410 g/mol. The number of anilines is 1. The lowest BCUT2D eigenvalue weighted by Gasteiger charge is -2.28. The first kappa shape index (κ1) is 20.4. The summed E-state index contributed by atoms with van der Waals surface area (Å²) in [6.07, 6.45) is 0. The van der Waals surface area contributed by atoms with E-state index in [1.165, 1.54) is 17.2 Å². The van der Waals surface area contributed by atoms with Crippen molar-refractivity contribution in [2.45, 2.75) is 32.7 Å². The SMILES string of the molecule is Cn1c(=O)c2c(nc(N3CCNCC3)n2Cc2ccc(C(C)(C)C)cc2)n(C)c1=O. The van der Waals surface area contributed by atoms with E-state index in [2.05, 4.69) is 55.3 Å². The van der Waals surface area contributed by atoms with Crippen molar-refractivity contribution in [3.05, 3.63) is 56.2 Å². The third-order valence-electron chi connectivity index (χ3n) is 5.89. The topological polar surface area (TPSA) is 77.1 Å². The van der Waals surface area contributed by atoms with Crippen LogP contribution in [-0.2, 0) is 26.1 Å². The molecule has 0 atom stereocenters. The first-order chi connectivity index (χ1) is 14.2. The lowest BCUT2D eigenvalue weighted by atomic mass is 9.87. The Kier molecular flexibility index (Phi) is 5.05. The van der Waals surface area contributed by atoms with Crippen molar-refractivity contribution in [2.75, 3.05) is 31.1 Å². The number of nitrogens with zero attached hydrogens (tertiary/aromatic N) is 5. The van der Waals surface area contributed by atoms with E-state index in [-0.39, 0.29) is 16.7 Å². The van der Waals surface area contributed by atoms with E-state index in [4.69, 9.17) is 4.98 Å². The van der Waals surface area contributed by atoms with Crippen molar-refractivity contribution >= 4 is 17.1 Å². The number of hydrogen-bond acceptors (Lipinski definition) is 5. The van der Waals surface area contributed by atoms with Gasteiger partial charge in [-0.05, 0) is 16.5 Å². The van der Waals surface area contributed by atoms with Gasteiger partial charge in [0, 0.05) is 40.3 Å². The van der Waals surface area contributed by atoms with Gasteiger partial charge >= 0.3 is 5.69 Å². The summed E-state index contributed by atoms with van der Waals surface area (Å²) in [5.41, 5.74) is 2.67. The Morgan fingerprint density at radius 3 is 2.23 bits per heavy atom. The van der Waals surface area contributed by atoms with Crippen LogP contribution < -0.4 is 21.5 Å². The van der Waals surface area contributed by atoms with E-state index >= 15 is 0 Å². The predicted molar refractivity (Wildman–Crippen MR) is 120 cm³/mol. The molecular weight excluding hydrogens is 380 g/mol. The summed E-state index contributed by atoms with van der Waals surface area (Å²) in [7, 11) is 3.19. The minimum atomic E-state index is -0.362. The summed E-state index contributed by atoms with van der Waals surface area (Å²) >= 11 is 0. The molecule has 1 fully saturated rings. The van der Waals surface area contributed by atoms with Gasteiger partial charge in [0.05, 0.1) is 6.54 Å². The quantitative estimate of drug-likeness (QED) is 0.702. The van der Waals surface area contributed by atoms with Crippen molar-refractivity contribution < 1.29 is 0 Å². The minimum Gasteiger partial charge on any atom is -0.340 e. The van der Waals surface area contributed by atoms with Crippen LogP contribution in [0.25, 0.3) is 11.2 Å². The third kappa shape index (κ3) is 3.45. The van der Waals surface area contributed by atoms with Crippen LogP contribution in [0.2, 0.25) is 0 Å². The van der Waals surface area contributed by atoms with Gasteiger partial charge in [-0.1, -0.05) is 45.0 Å². The summed E-state index contributed by atoms with van der Waals surface area (Å²) in [4.78, 5) is 32.4. The van der Waals surface area contributed by atoms with E-state index in [1.807, 2.05) is 4.57 Å². The van der Waals surface area contributed by atoms with Gasteiger partial charge in [0.25, 0.3) is 5.56 Å². The largest absolute Gasteiger partial charge is 0.340 e. The lowest BCUT2D eigenvalue weighted by molar-refractivity contribution is 0.571. The van der Waals surface area contributed by atoms with Gasteiger partial charge in [-0.25, -0.2) is 4.79 Å². The van der Waals surface area contributed by atoms with Crippen LogP contribution in [0.4, 0.5) is 5.95 Å². The van der Waals surface area contributed by atoms with Crippen LogP contribution in [0.3, 0.4) is 0 Å². The van der Waals surface area contributed by atoms with E-state index in [9.17, 15) is 9.59 Å². The number of hydrogen-bond donors (Lipinski definition) is 1. The molecule has 0 spiro atoms. The molecule has 3 heterocycles. The van der Waals surface area contributed by atoms with Crippen LogP contribution in [-0.4, -0.2) is 44.9 Å². The summed E-state index contributed by atoms with van der Waals surface area (Å²) in [5.74, 6) is 0.740. The summed E-state index contributed by atoms with van der Waals surface area (Å²) in [5, 5.41) is 3.35. The molecular formula is C22H30N6O2. The molecule has 0 amide bonds. The van der Waals surface area contributed by atoms with E-state index in [1.54, 1.807) is 7.05 Å². The molecule has 0 aliphatic carbocycles. The summed E-state index contributed by atoms with van der Waals surface area (Å²) in [6, 6.07) is 8.51. The molecule has 30 heavy (non-hydrogen) atoms. The zero-order chi connectivity index (χ0) is 21.6. The molecule has 1 aliphatic heterocycles. The fourth-order valence-electron chi connectivity index (χ4n) is 3.98. The molecule has 160 valence electrons. The van der Waals surface area contributed by atoms with Gasteiger partial charge in [0.2, 0.25) is 5.95 Å². The zero-order valence-electron chi connectivity index (χ0n) is 18.4. The summed E-state index contributed by atoms with van der Waals surface area (Å²) < 4.78 is 4.58. The van der Waals surface area contributed by atoms with E-state index < -0.39 is 0 Å². The number of piperazine rings is 1. The Bertz CT molecular complexity index is 1190. The molecule has 1 aromatic carbocycles. The van der Waals surface area contributed by atoms with Crippen LogP contribution in [0.15, 0.2) is 33.9 Å². The predicted octanol–water partition coefficient (Wildman–Crippen LogP) is 1.19. The average molecular weight is 411 g/mol. The second-order valence-corrected chi connectivity index (χ2v) is 9.06. The number of fused-ring (bicyclic) bond motifs is 1. The van der Waals surface area contributed by atoms with Crippen molar-refractivity contribution in [1.82, 2.24) is 24.0 Å². The van der Waals surface area contributed by atoms with E-state index in [0.717, 1.165) is 42.3 Å². The van der Waals surface area contributed by atoms with Gasteiger partial charge in [-0.15, -0.1) is 0 Å². The highest BCUT2D eigenvalue weighted by Crippen LogP contribution is 2.25. The first-order valence-corrected chi connectivity index (χ1v) is 10.4. The highest BCUT2D eigenvalue weighted by molar-refractivity contribution is 5.74. The van der Waals surface area contributed by atoms with Crippen LogP contribution in [0.5, 0.6) is 0 Å². The molecule has 8 nitrogen and oxygen atoms in total. The molecule has 0 radical (unpaired) electrons. The second kappa shape index (κ2) is 7.43. The maximum absolute atomic E-state index is 13.1. The second-order valence-electron chi connectivity index (χ2n) is 9.06. The van der Waals surface area contributed by atoms with Crippen LogP contribution in [0, 0.1) is 0 Å². The smallest absolute Gasteiger partial charge is 0.332 e. The van der Waals surface area contributed by atoms with Crippen LogP contribution >= 0.6 is 0 Å². The fraction of sp³-hybridized carbons (Fsp3) is 0.500. The number of imidazole rings is 1. The molecule has 0 bridgehead atoms. The maximum atomic E-state index is 13.1. The summed E-state index contributed by atoms with van der Waals surface area (Å²) in [6.45, 7) is 10.4. The number of aromatic nitrogens is 4. The number of aryl methyl sites for hydroxylation is 1. The van der Waals surface area contributed by atoms with Crippen molar-refractivity contribution in [3.8, 4) is 0 Å². The molecule has 0 unspecified atom stereocenters. The van der Waals surface area contributed by atoms with Gasteiger partial charge in [0.1, 0.15) is 0 Å². The minimum absolute atomic E-state index is 0.0837. The number of rotatable bonds is 3. The van der Waals surface area contributed by atoms with Crippen molar-refractivity contribution in [3.63, 3.8) is 0 Å². The van der Waals surface area contributed by atoms with Gasteiger partial charge < -0.3 is 10.2 Å². The molecule has 0 saturated carbocycles. The standard InChI is InChI=1S/C22H30N6O2/c1-22(2,3)16-8-6-15(7-9-16)14-28-17-18(25(4)21(30)26(5)19(17)29)24-20(28)27-12-10-23-11-13-27/h6-9,23H,10-14H2,1-5H3. The average Bonchev–Trinajstić information content (AvgIpc) is 3.10. The highest BCUT2D eigenvalue weighted by atomic mass is 16.2. The first-order valence-electron chi connectivity index (χ1n) is 10.4. The molecule has 8 heteroatoms. The Labute approximate surface area is 175 Å². The molecule has 4 rings (SSSR count). The zero-order valence-corrected chi connectivity index (χ0v) is 18.4. The molecule has 1 aliphatic rings. The maximum Gasteiger partial charge on any atom is 0.332 e. The van der Waals surface area contributed by atoms with Crippen molar-refractivity contribution in [1.29, 1.82) is 0 Å². The van der Waals surface area contributed by atoms with Crippen LogP contribution in [0.1, 0.15) is 31.9 Å². The van der Waals surface area contributed by atoms with Gasteiger partial charge in [-0.3, -0.25) is 18.5 Å². The van der Waals surface area contributed by atoms with E-state index in [0.29, 0.717) is 17.7 Å². The third-order valence-corrected chi connectivity index (χ3v) is 5.89. The molecule has 3 aromatic rings. The molecule has 1 N–H and O–H groups in total. The Hall–Kier alpha value is -2.87. The Morgan fingerprint density at radius 1 is 1.00 bits per heavy atom. The lowest BCUT2D eigenvalue weighted by Crippen LogP contribution is -2.44. The number of benzene rings is 1. The van der Waals surface area contributed by atoms with Gasteiger partial charge in [0.15, 0.2) is 11.2 Å².